The van der Waals surface area contributed by atoms with Crippen molar-refractivity contribution in [2.75, 3.05) is 0 Å². The highest BCUT2D eigenvalue weighted by atomic mass is 79.9. The maximum absolute atomic E-state index is 9.79. The molecule has 4 nitrogen and oxygen atoms in total. The van der Waals surface area contributed by atoms with Gasteiger partial charge in [-0.25, -0.2) is 4.98 Å². The highest BCUT2D eigenvalue weighted by Crippen LogP contribution is 2.30. The van der Waals surface area contributed by atoms with Crippen LogP contribution < -0.4 is 4.74 Å². The Labute approximate surface area is 198 Å². The number of aryl methyl sites for hydroxylation is 1. The number of ether oxygens (including phenoxy) is 1. The van der Waals surface area contributed by atoms with Gasteiger partial charge in [0.15, 0.2) is 0 Å². The molecule has 0 fully saturated rings. The van der Waals surface area contributed by atoms with Gasteiger partial charge in [0.25, 0.3) is 0 Å². The highest BCUT2D eigenvalue weighted by molar-refractivity contribution is 9.10. The van der Waals surface area contributed by atoms with Crippen LogP contribution in [0.1, 0.15) is 22.5 Å². The predicted octanol–water partition coefficient (Wildman–Crippen LogP) is 7.58. The van der Waals surface area contributed by atoms with Gasteiger partial charge in [-0.3, -0.25) is 0 Å². The minimum Gasteiger partial charge on any atom is -0.488 e. The number of nitrogens with one attached hydrogen (secondary N) is 1. The lowest BCUT2D eigenvalue weighted by molar-refractivity contribution is 0.305. The fourth-order valence-corrected chi connectivity index (χ4v) is 3.96. The molecule has 154 valence electrons. The molecule has 0 saturated carbocycles. The molecule has 0 aliphatic heterocycles. The van der Waals surface area contributed by atoms with Crippen LogP contribution in [0.3, 0.4) is 0 Å². The summed E-state index contributed by atoms with van der Waals surface area (Å²) in [6, 6.07) is 19.1. The first kappa shape index (κ1) is 21.5. The number of nitriles is 1. The number of nitrogens with zero attached hydrogens (tertiary/aromatic N) is 2. The Morgan fingerprint density at radius 1 is 1.16 bits per heavy atom. The van der Waals surface area contributed by atoms with E-state index >= 15 is 0 Å². The number of aromatic amines is 1. The number of fused-ring (bicyclic) bond motifs is 1. The van der Waals surface area contributed by atoms with E-state index in [4.69, 9.17) is 27.9 Å². The summed E-state index contributed by atoms with van der Waals surface area (Å²) in [7, 11) is 0. The van der Waals surface area contributed by atoms with E-state index in [1.165, 1.54) is 0 Å². The third-order valence-electron chi connectivity index (χ3n) is 4.68. The molecule has 1 heterocycles. The summed E-state index contributed by atoms with van der Waals surface area (Å²) in [5, 5.41) is 10.9. The Morgan fingerprint density at radius 3 is 2.77 bits per heavy atom. The van der Waals surface area contributed by atoms with E-state index in [0.29, 0.717) is 27.2 Å². The third kappa shape index (κ3) is 4.94. The van der Waals surface area contributed by atoms with Crippen LogP contribution in [-0.2, 0) is 6.61 Å². The molecule has 0 aliphatic rings. The largest absolute Gasteiger partial charge is 0.488 e. The number of rotatable bonds is 5. The maximum Gasteiger partial charge on any atom is 0.149 e. The van der Waals surface area contributed by atoms with Gasteiger partial charge in [0.2, 0.25) is 0 Å². The summed E-state index contributed by atoms with van der Waals surface area (Å²) in [6.45, 7) is 2.28. The molecule has 3 aromatic carbocycles. The number of aromatic nitrogens is 2. The lowest BCUT2D eigenvalue weighted by Crippen LogP contribution is -1.98. The van der Waals surface area contributed by atoms with E-state index in [1.54, 1.807) is 18.2 Å². The molecule has 7 heteroatoms. The van der Waals surface area contributed by atoms with E-state index in [1.807, 2.05) is 49.4 Å². The number of hydrogen-bond donors (Lipinski definition) is 1. The molecule has 1 aromatic heterocycles. The van der Waals surface area contributed by atoms with Crippen LogP contribution in [0.4, 0.5) is 0 Å². The van der Waals surface area contributed by atoms with Crippen LogP contribution in [0.15, 0.2) is 59.1 Å². The minimum atomic E-state index is 0.268. The minimum absolute atomic E-state index is 0.268. The zero-order valence-electron chi connectivity index (χ0n) is 16.4. The Kier molecular flexibility index (Phi) is 6.33. The van der Waals surface area contributed by atoms with Crippen molar-refractivity contribution in [3.8, 4) is 11.8 Å². The van der Waals surface area contributed by atoms with Gasteiger partial charge in [0.05, 0.1) is 16.6 Å². The van der Waals surface area contributed by atoms with Crippen LogP contribution in [0.2, 0.25) is 10.0 Å². The van der Waals surface area contributed by atoms with Crippen molar-refractivity contribution in [3.05, 3.63) is 91.6 Å². The molecule has 0 unspecified atom stereocenters. The Bertz CT molecular complexity index is 1350. The number of imidazole rings is 1. The number of halogens is 3. The van der Waals surface area contributed by atoms with Gasteiger partial charge in [0, 0.05) is 25.6 Å². The van der Waals surface area contributed by atoms with Gasteiger partial charge in [-0.1, -0.05) is 51.3 Å². The summed E-state index contributed by atoms with van der Waals surface area (Å²) in [6.07, 6.45) is 1.76. The van der Waals surface area contributed by atoms with Gasteiger partial charge in [-0.2, -0.15) is 5.26 Å². The van der Waals surface area contributed by atoms with E-state index in [2.05, 4.69) is 32.0 Å². The summed E-state index contributed by atoms with van der Waals surface area (Å²) in [4.78, 5) is 7.79. The van der Waals surface area contributed by atoms with Crippen molar-refractivity contribution in [2.45, 2.75) is 13.5 Å². The molecule has 0 atom stereocenters. The topological polar surface area (TPSA) is 61.7 Å². The van der Waals surface area contributed by atoms with Gasteiger partial charge >= 0.3 is 0 Å². The smallest absolute Gasteiger partial charge is 0.149 e. The number of H-pyrrole nitrogens is 1. The zero-order chi connectivity index (χ0) is 22.0. The van der Waals surface area contributed by atoms with Gasteiger partial charge < -0.3 is 9.72 Å². The molecule has 0 bridgehead atoms. The predicted molar refractivity (Wildman–Crippen MR) is 129 cm³/mol. The maximum atomic E-state index is 9.79. The van der Waals surface area contributed by atoms with Crippen molar-refractivity contribution < 1.29 is 4.74 Å². The second-order valence-corrected chi connectivity index (χ2v) is 8.74. The average molecular weight is 513 g/mol. The Balaban J connectivity index is 1.68. The third-order valence-corrected chi connectivity index (χ3v) is 5.76. The first-order chi connectivity index (χ1) is 14.9. The van der Waals surface area contributed by atoms with Crippen molar-refractivity contribution in [1.82, 2.24) is 9.97 Å². The molecule has 31 heavy (non-hydrogen) atoms. The molecule has 0 radical (unpaired) electrons. The van der Waals surface area contributed by atoms with E-state index in [0.717, 1.165) is 32.2 Å². The van der Waals surface area contributed by atoms with Crippen molar-refractivity contribution in [2.24, 2.45) is 0 Å². The average Bonchev–Trinajstić information content (AvgIpc) is 3.15. The SMILES string of the molecule is Cc1ccc2nc(C(C#N)=Cc3cc(Br)ccc3OCc3ccc(Cl)cc3Cl)[nH]c2c1. The summed E-state index contributed by atoms with van der Waals surface area (Å²) >= 11 is 15.7. The van der Waals surface area contributed by atoms with Gasteiger partial charge in [0.1, 0.15) is 24.3 Å². The highest BCUT2D eigenvalue weighted by Gasteiger charge is 2.11. The second kappa shape index (κ2) is 9.15. The van der Waals surface area contributed by atoms with Crippen molar-refractivity contribution in [3.63, 3.8) is 0 Å². The van der Waals surface area contributed by atoms with Gasteiger partial charge in [-0.05, 0) is 61.0 Å². The van der Waals surface area contributed by atoms with Crippen LogP contribution in [0.25, 0.3) is 22.7 Å². The number of hydrogen-bond acceptors (Lipinski definition) is 3. The van der Waals surface area contributed by atoms with Crippen LogP contribution in [0, 0.1) is 18.3 Å². The molecule has 4 rings (SSSR count). The fraction of sp³-hybridized carbons (Fsp3) is 0.0833. The monoisotopic (exact) mass is 511 g/mol. The van der Waals surface area contributed by atoms with E-state index in [9.17, 15) is 5.26 Å². The molecule has 0 saturated heterocycles. The van der Waals surface area contributed by atoms with Crippen LogP contribution in [0.5, 0.6) is 5.75 Å². The zero-order valence-corrected chi connectivity index (χ0v) is 19.5. The Hall–Kier alpha value is -2.78. The number of allylic oxidation sites excluding steroid dienone is 1. The fourth-order valence-electron chi connectivity index (χ4n) is 3.12. The molecule has 4 aromatic rings. The number of benzene rings is 3. The lowest BCUT2D eigenvalue weighted by Gasteiger charge is -2.11. The van der Waals surface area contributed by atoms with Crippen molar-refractivity contribution >= 4 is 61.8 Å². The molecule has 0 spiro atoms. The quantitative estimate of drug-likeness (QED) is 0.280. The summed E-state index contributed by atoms with van der Waals surface area (Å²) < 4.78 is 6.89. The van der Waals surface area contributed by atoms with Crippen molar-refractivity contribution in [1.29, 1.82) is 5.26 Å². The van der Waals surface area contributed by atoms with E-state index in [-0.39, 0.29) is 6.61 Å². The normalized spacial score (nSPS) is 11.5. The molecule has 1 N–H and O–H groups in total. The first-order valence-electron chi connectivity index (χ1n) is 9.38. The molecule has 0 amide bonds. The second-order valence-electron chi connectivity index (χ2n) is 6.98. The van der Waals surface area contributed by atoms with Crippen LogP contribution in [-0.4, -0.2) is 9.97 Å². The summed E-state index contributed by atoms with van der Waals surface area (Å²) in [5.41, 5.74) is 4.78. The van der Waals surface area contributed by atoms with Gasteiger partial charge in [-0.15, -0.1) is 0 Å². The summed E-state index contributed by atoms with van der Waals surface area (Å²) in [5.74, 6) is 1.13. The molecular weight excluding hydrogens is 497 g/mol. The first-order valence-corrected chi connectivity index (χ1v) is 10.9. The Morgan fingerprint density at radius 2 is 2.00 bits per heavy atom. The standard InChI is InChI=1S/C24H16BrCl2N3O/c1-14-2-6-21-22(8-14)30-24(29-21)17(12-28)9-16-10-18(25)4-7-23(16)31-13-15-3-5-19(26)11-20(15)27/h2-11H,13H2,1H3,(H,29,30). The lowest BCUT2D eigenvalue weighted by atomic mass is 10.1. The molecular formula is C24H16BrCl2N3O. The van der Waals surface area contributed by atoms with Crippen LogP contribution >= 0.6 is 39.1 Å². The van der Waals surface area contributed by atoms with E-state index < -0.39 is 0 Å². The molecule has 0 aliphatic carbocycles.